The third-order valence-electron chi connectivity index (χ3n) is 2.59. The van der Waals surface area contributed by atoms with E-state index in [4.69, 9.17) is 0 Å². The number of hydrogen-bond acceptors (Lipinski definition) is 2. The minimum atomic E-state index is 0.916. The molecule has 1 aliphatic carbocycles. The van der Waals surface area contributed by atoms with Crippen molar-refractivity contribution in [3.05, 3.63) is 35.1 Å². The lowest BCUT2D eigenvalue weighted by Crippen LogP contribution is -2.09. The number of allylic oxidation sites excluding steroid dienone is 3. The molecule has 0 bridgehead atoms. The molecule has 0 unspecified atom stereocenters. The van der Waals surface area contributed by atoms with E-state index < -0.39 is 0 Å². The monoisotopic (exact) mass is 170 g/mol. The maximum Gasteiger partial charge on any atom is 0.0854 e. The molecule has 0 spiro atoms. The Morgan fingerprint density at radius 3 is 3.31 bits per heavy atom. The lowest BCUT2D eigenvalue weighted by Gasteiger charge is -2.08. The van der Waals surface area contributed by atoms with Crippen molar-refractivity contribution in [2.45, 2.75) is 12.8 Å². The summed E-state index contributed by atoms with van der Waals surface area (Å²) < 4.78 is 0. The summed E-state index contributed by atoms with van der Waals surface area (Å²) in [5.74, 6) is 0. The van der Waals surface area contributed by atoms with E-state index in [-0.39, 0.29) is 0 Å². The molecular formula is C11H10N2. The van der Waals surface area contributed by atoms with Crippen molar-refractivity contribution in [2.24, 2.45) is 9.98 Å². The van der Waals surface area contributed by atoms with Crippen LogP contribution in [0.2, 0.25) is 0 Å². The van der Waals surface area contributed by atoms with E-state index in [9.17, 15) is 0 Å². The Morgan fingerprint density at radius 2 is 2.31 bits per heavy atom. The Hall–Kier alpha value is -1.44. The van der Waals surface area contributed by atoms with Crippen LogP contribution in [0.5, 0.6) is 0 Å². The van der Waals surface area contributed by atoms with Crippen LogP contribution >= 0.6 is 0 Å². The molecule has 0 saturated heterocycles. The molecule has 64 valence electrons. The van der Waals surface area contributed by atoms with Gasteiger partial charge in [0.1, 0.15) is 0 Å². The van der Waals surface area contributed by atoms with Crippen molar-refractivity contribution in [1.82, 2.24) is 0 Å². The van der Waals surface area contributed by atoms with E-state index in [2.05, 4.69) is 28.2 Å². The Balaban J connectivity index is 2.19. The summed E-state index contributed by atoms with van der Waals surface area (Å²) in [4.78, 5) is 8.77. The van der Waals surface area contributed by atoms with Crippen LogP contribution in [0.4, 0.5) is 0 Å². The molecular weight excluding hydrogens is 160 g/mol. The fraction of sp³-hybridized carbons (Fsp3) is 0.273. The molecule has 3 aliphatic rings. The smallest absolute Gasteiger partial charge is 0.0854 e. The van der Waals surface area contributed by atoms with E-state index in [1.54, 1.807) is 0 Å². The Labute approximate surface area is 77.1 Å². The predicted octanol–water partition coefficient (Wildman–Crippen LogP) is 2.06. The van der Waals surface area contributed by atoms with Gasteiger partial charge in [0.2, 0.25) is 0 Å². The van der Waals surface area contributed by atoms with Crippen molar-refractivity contribution >= 4 is 11.9 Å². The minimum absolute atomic E-state index is 0.916. The second-order valence-corrected chi connectivity index (χ2v) is 3.40. The molecule has 0 aromatic heterocycles. The van der Waals surface area contributed by atoms with Gasteiger partial charge in [-0.25, -0.2) is 4.99 Å². The lowest BCUT2D eigenvalue weighted by atomic mass is 9.97. The fourth-order valence-corrected chi connectivity index (χ4v) is 1.95. The SMILES string of the molecule is C1=CC2=C3CCN=CC3=NC2=CC1. The number of rotatable bonds is 0. The summed E-state index contributed by atoms with van der Waals surface area (Å²) in [7, 11) is 0. The van der Waals surface area contributed by atoms with Gasteiger partial charge in [0.25, 0.3) is 0 Å². The summed E-state index contributed by atoms with van der Waals surface area (Å²) in [5, 5.41) is 0. The molecule has 0 aromatic carbocycles. The van der Waals surface area contributed by atoms with Crippen molar-refractivity contribution in [1.29, 1.82) is 0 Å². The minimum Gasteiger partial charge on any atom is -0.291 e. The van der Waals surface area contributed by atoms with Crippen LogP contribution < -0.4 is 0 Å². The molecule has 0 aromatic rings. The third kappa shape index (κ3) is 0.949. The standard InChI is InChI=1S/C11H10N2/c1-2-4-10-8(3-1)9-5-6-12-7-11(9)13-10/h1,3-4,7H,2,5-6H2. The van der Waals surface area contributed by atoms with Crippen LogP contribution in [0.3, 0.4) is 0 Å². The number of fused-ring (bicyclic) bond motifs is 2. The zero-order valence-electron chi connectivity index (χ0n) is 7.33. The van der Waals surface area contributed by atoms with Crippen LogP contribution in [0, 0.1) is 0 Å². The average Bonchev–Trinajstić information content (AvgIpc) is 2.56. The van der Waals surface area contributed by atoms with Gasteiger partial charge in [-0.15, -0.1) is 0 Å². The summed E-state index contributed by atoms with van der Waals surface area (Å²) in [6, 6.07) is 0. The first-order valence-electron chi connectivity index (χ1n) is 4.64. The van der Waals surface area contributed by atoms with E-state index >= 15 is 0 Å². The zero-order valence-corrected chi connectivity index (χ0v) is 7.33. The van der Waals surface area contributed by atoms with Crippen LogP contribution in [0.1, 0.15) is 12.8 Å². The first kappa shape index (κ1) is 7.01. The van der Waals surface area contributed by atoms with Crippen LogP contribution in [-0.4, -0.2) is 18.5 Å². The first-order chi connectivity index (χ1) is 6.45. The molecule has 2 aliphatic heterocycles. The van der Waals surface area contributed by atoms with Gasteiger partial charge >= 0.3 is 0 Å². The van der Waals surface area contributed by atoms with E-state index in [1.807, 2.05) is 6.21 Å². The van der Waals surface area contributed by atoms with E-state index in [0.29, 0.717) is 0 Å². The summed E-state index contributed by atoms with van der Waals surface area (Å²) >= 11 is 0. The molecule has 2 heteroatoms. The molecule has 0 atom stereocenters. The van der Waals surface area contributed by atoms with Crippen molar-refractivity contribution in [3.8, 4) is 0 Å². The molecule has 0 radical (unpaired) electrons. The molecule has 0 N–H and O–H groups in total. The van der Waals surface area contributed by atoms with Gasteiger partial charge in [-0.1, -0.05) is 18.2 Å². The van der Waals surface area contributed by atoms with Crippen LogP contribution in [0.25, 0.3) is 0 Å². The second-order valence-electron chi connectivity index (χ2n) is 3.40. The Bertz CT molecular complexity index is 406. The normalized spacial score (nSPS) is 24.0. The highest BCUT2D eigenvalue weighted by Crippen LogP contribution is 2.32. The van der Waals surface area contributed by atoms with Gasteiger partial charge in [-0.05, 0) is 18.4 Å². The van der Waals surface area contributed by atoms with Crippen LogP contribution in [0.15, 0.2) is 45.1 Å². The predicted molar refractivity (Wildman–Crippen MR) is 54.3 cm³/mol. The average molecular weight is 170 g/mol. The molecule has 13 heavy (non-hydrogen) atoms. The van der Waals surface area contributed by atoms with Gasteiger partial charge < -0.3 is 0 Å². The number of hydrogen-bond donors (Lipinski definition) is 0. The van der Waals surface area contributed by atoms with Gasteiger partial charge in [-0.3, -0.25) is 4.99 Å². The largest absolute Gasteiger partial charge is 0.291 e. The van der Waals surface area contributed by atoms with Crippen molar-refractivity contribution in [2.75, 3.05) is 6.54 Å². The number of aliphatic imine (C=N–C) groups is 2. The molecule has 0 amide bonds. The highest BCUT2D eigenvalue weighted by molar-refractivity contribution is 6.40. The highest BCUT2D eigenvalue weighted by atomic mass is 14.8. The lowest BCUT2D eigenvalue weighted by molar-refractivity contribution is 0.976. The molecule has 3 rings (SSSR count). The first-order valence-corrected chi connectivity index (χ1v) is 4.64. The Kier molecular flexibility index (Phi) is 1.36. The zero-order chi connectivity index (χ0) is 8.67. The van der Waals surface area contributed by atoms with Crippen LogP contribution in [-0.2, 0) is 0 Å². The van der Waals surface area contributed by atoms with E-state index in [1.165, 1.54) is 11.1 Å². The molecule has 2 heterocycles. The van der Waals surface area contributed by atoms with E-state index in [0.717, 1.165) is 30.8 Å². The highest BCUT2D eigenvalue weighted by Gasteiger charge is 2.22. The summed E-state index contributed by atoms with van der Waals surface area (Å²) in [6.45, 7) is 0.916. The molecule has 0 saturated carbocycles. The maximum absolute atomic E-state index is 4.54. The summed E-state index contributed by atoms with van der Waals surface area (Å²) in [6.07, 6.45) is 10.5. The van der Waals surface area contributed by atoms with Crippen molar-refractivity contribution in [3.63, 3.8) is 0 Å². The summed E-state index contributed by atoms with van der Waals surface area (Å²) in [5.41, 5.74) is 4.95. The quantitative estimate of drug-likeness (QED) is 0.531. The second kappa shape index (κ2) is 2.52. The maximum atomic E-state index is 4.54. The van der Waals surface area contributed by atoms with Gasteiger partial charge in [-0.2, -0.15) is 0 Å². The Morgan fingerprint density at radius 1 is 1.31 bits per heavy atom. The van der Waals surface area contributed by atoms with Gasteiger partial charge in [0, 0.05) is 18.3 Å². The molecule has 0 fully saturated rings. The number of nitrogens with zero attached hydrogens (tertiary/aromatic N) is 2. The topological polar surface area (TPSA) is 24.7 Å². The fourth-order valence-electron chi connectivity index (χ4n) is 1.95. The third-order valence-corrected chi connectivity index (χ3v) is 2.59. The van der Waals surface area contributed by atoms with Crippen molar-refractivity contribution < 1.29 is 0 Å². The van der Waals surface area contributed by atoms with Gasteiger partial charge in [0.05, 0.1) is 11.4 Å². The van der Waals surface area contributed by atoms with Gasteiger partial charge in [0.15, 0.2) is 0 Å². The molecule has 2 nitrogen and oxygen atoms in total.